The molecule has 2 heterocycles. The molecule has 0 saturated heterocycles. The fraction of sp³-hybridized carbons (Fsp3) is 0.227. The van der Waals surface area contributed by atoms with Crippen molar-refractivity contribution in [2.45, 2.75) is 33.9 Å². The van der Waals surface area contributed by atoms with Crippen molar-refractivity contribution < 1.29 is 4.79 Å². The second kappa shape index (κ2) is 7.72. The molecule has 0 bridgehead atoms. The molecule has 0 saturated carbocycles. The maximum Gasteiger partial charge on any atom is 0.251 e. The van der Waals surface area contributed by atoms with Crippen LogP contribution >= 0.6 is 11.6 Å². The summed E-state index contributed by atoms with van der Waals surface area (Å²) in [6, 6.07) is 15.3. The predicted molar refractivity (Wildman–Crippen MR) is 115 cm³/mol. The number of nitrogens with one attached hydrogen (secondary N) is 1. The molecule has 6 nitrogen and oxygen atoms in total. The molecule has 0 aliphatic rings. The zero-order chi connectivity index (χ0) is 20.5. The van der Waals surface area contributed by atoms with Crippen molar-refractivity contribution in [2.24, 2.45) is 0 Å². The number of aryl methyl sites for hydroxylation is 2. The average molecular weight is 408 g/mol. The Hall–Kier alpha value is -3.12. The molecule has 0 fully saturated rings. The summed E-state index contributed by atoms with van der Waals surface area (Å²) in [5.41, 5.74) is 5.12. The van der Waals surface area contributed by atoms with Crippen molar-refractivity contribution in [1.29, 1.82) is 0 Å². The van der Waals surface area contributed by atoms with Crippen molar-refractivity contribution >= 4 is 28.5 Å². The number of imidazole rings is 1. The summed E-state index contributed by atoms with van der Waals surface area (Å²) in [6.45, 7) is 7.03. The number of hydrogen-bond donors (Lipinski definition) is 1. The van der Waals surface area contributed by atoms with E-state index in [-0.39, 0.29) is 5.91 Å². The van der Waals surface area contributed by atoms with Gasteiger partial charge in [0, 0.05) is 12.1 Å². The maximum atomic E-state index is 12.6. The molecule has 0 atom stereocenters. The summed E-state index contributed by atoms with van der Waals surface area (Å²) in [5.74, 6) is 0.702. The molecule has 4 rings (SSSR count). The Balaban J connectivity index is 1.50. The van der Waals surface area contributed by atoms with Gasteiger partial charge < -0.3 is 9.88 Å². The molecule has 148 valence electrons. The van der Waals surface area contributed by atoms with Crippen LogP contribution in [-0.4, -0.2) is 25.2 Å². The third-order valence-electron chi connectivity index (χ3n) is 5.03. The standard InChI is InChI=1S/C22H22ClN5O/c1-4-27-19-8-6-5-7-18(19)25-20(27)13-24-22(29)16-9-11-17(12-10-16)28-15(3)21(23)14(2)26-28/h5-12H,4,13H2,1-3H3,(H,24,29). The first-order chi connectivity index (χ1) is 14.0. The van der Waals surface area contributed by atoms with Crippen molar-refractivity contribution in [3.63, 3.8) is 0 Å². The largest absolute Gasteiger partial charge is 0.345 e. The Morgan fingerprint density at radius 1 is 1.10 bits per heavy atom. The van der Waals surface area contributed by atoms with Gasteiger partial charge in [-0.05, 0) is 57.2 Å². The molecule has 2 aromatic carbocycles. The number of carbonyl (C=O) groups is 1. The predicted octanol–water partition coefficient (Wildman–Crippen LogP) is 4.44. The molecule has 1 N–H and O–H groups in total. The number of hydrogen-bond acceptors (Lipinski definition) is 3. The molecule has 0 aliphatic heterocycles. The Morgan fingerprint density at radius 3 is 2.48 bits per heavy atom. The highest BCUT2D eigenvalue weighted by Crippen LogP contribution is 2.22. The van der Waals surface area contributed by atoms with Crippen LogP contribution in [0.3, 0.4) is 0 Å². The molecule has 1 amide bonds. The van der Waals surface area contributed by atoms with Crippen LogP contribution in [0.4, 0.5) is 0 Å². The van der Waals surface area contributed by atoms with Crippen molar-refractivity contribution in [3.8, 4) is 5.69 Å². The van der Waals surface area contributed by atoms with Crippen molar-refractivity contribution in [2.75, 3.05) is 0 Å². The lowest BCUT2D eigenvalue weighted by molar-refractivity contribution is 0.0949. The number of para-hydroxylation sites is 2. The molecule has 7 heteroatoms. The van der Waals surface area contributed by atoms with Gasteiger partial charge in [-0.15, -0.1) is 0 Å². The third-order valence-corrected chi connectivity index (χ3v) is 5.58. The highest BCUT2D eigenvalue weighted by atomic mass is 35.5. The quantitative estimate of drug-likeness (QED) is 0.531. The molecular weight excluding hydrogens is 386 g/mol. The lowest BCUT2D eigenvalue weighted by Crippen LogP contribution is -2.24. The minimum absolute atomic E-state index is 0.141. The lowest BCUT2D eigenvalue weighted by atomic mass is 10.2. The summed E-state index contributed by atoms with van der Waals surface area (Å²) in [6.07, 6.45) is 0. The van der Waals surface area contributed by atoms with Crippen LogP contribution in [0.25, 0.3) is 16.7 Å². The lowest BCUT2D eigenvalue weighted by Gasteiger charge is -2.09. The second-order valence-corrected chi connectivity index (χ2v) is 7.27. The van der Waals surface area contributed by atoms with Crippen LogP contribution < -0.4 is 5.32 Å². The van der Waals surface area contributed by atoms with Gasteiger partial charge in [0.05, 0.1) is 39.7 Å². The first kappa shape index (κ1) is 19.2. The zero-order valence-corrected chi connectivity index (χ0v) is 17.4. The molecule has 2 aromatic heterocycles. The van der Waals surface area contributed by atoms with Gasteiger partial charge in [-0.25, -0.2) is 9.67 Å². The van der Waals surface area contributed by atoms with Crippen LogP contribution in [0, 0.1) is 13.8 Å². The molecule has 4 aromatic rings. The SMILES string of the molecule is CCn1c(CNC(=O)c2ccc(-n3nc(C)c(Cl)c3C)cc2)nc2ccccc21. The fourth-order valence-corrected chi connectivity index (χ4v) is 3.62. The number of rotatable bonds is 5. The van der Waals surface area contributed by atoms with Crippen LogP contribution in [0.15, 0.2) is 48.5 Å². The van der Waals surface area contributed by atoms with Gasteiger partial charge >= 0.3 is 0 Å². The zero-order valence-electron chi connectivity index (χ0n) is 16.6. The van der Waals surface area contributed by atoms with Crippen molar-refractivity contribution in [3.05, 3.63) is 76.3 Å². The number of carbonyl (C=O) groups excluding carboxylic acids is 1. The number of halogens is 1. The Morgan fingerprint density at radius 2 is 1.83 bits per heavy atom. The van der Waals surface area contributed by atoms with E-state index in [1.165, 1.54) is 0 Å². The second-order valence-electron chi connectivity index (χ2n) is 6.89. The first-order valence-electron chi connectivity index (χ1n) is 9.54. The van der Waals surface area contributed by atoms with E-state index in [0.29, 0.717) is 17.1 Å². The molecule has 0 radical (unpaired) electrons. The van der Waals surface area contributed by atoms with Crippen LogP contribution in [0.5, 0.6) is 0 Å². The maximum absolute atomic E-state index is 12.6. The number of benzene rings is 2. The Bertz CT molecular complexity index is 1190. The highest BCUT2D eigenvalue weighted by Gasteiger charge is 2.13. The summed E-state index contributed by atoms with van der Waals surface area (Å²) in [4.78, 5) is 17.3. The van der Waals surface area contributed by atoms with Gasteiger partial charge in [0.25, 0.3) is 5.91 Å². The minimum atomic E-state index is -0.141. The molecule has 0 unspecified atom stereocenters. The monoisotopic (exact) mass is 407 g/mol. The average Bonchev–Trinajstić information content (AvgIpc) is 3.23. The van der Waals surface area contributed by atoms with Gasteiger partial charge in [-0.1, -0.05) is 23.7 Å². The number of amides is 1. The summed E-state index contributed by atoms with van der Waals surface area (Å²) in [5, 5.41) is 8.07. The summed E-state index contributed by atoms with van der Waals surface area (Å²) in [7, 11) is 0. The number of aromatic nitrogens is 4. The van der Waals surface area contributed by atoms with E-state index in [4.69, 9.17) is 11.6 Å². The van der Waals surface area contributed by atoms with Gasteiger partial charge in [0.2, 0.25) is 0 Å². The van der Waals surface area contributed by atoms with E-state index >= 15 is 0 Å². The van der Waals surface area contributed by atoms with E-state index in [1.807, 2.05) is 50.2 Å². The third kappa shape index (κ3) is 3.51. The van der Waals surface area contributed by atoms with Gasteiger partial charge in [0.15, 0.2) is 0 Å². The molecule has 0 aliphatic carbocycles. The minimum Gasteiger partial charge on any atom is -0.345 e. The van der Waals surface area contributed by atoms with Crippen LogP contribution in [0.1, 0.15) is 34.5 Å². The van der Waals surface area contributed by atoms with Gasteiger partial charge in [-0.2, -0.15) is 5.10 Å². The van der Waals surface area contributed by atoms with E-state index in [2.05, 4.69) is 26.9 Å². The molecule has 0 spiro atoms. The topological polar surface area (TPSA) is 64.7 Å². The molecular formula is C22H22ClN5O. The van der Waals surface area contributed by atoms with Crippen LogP contribution in [-0.2, 0) is 13.1 Å². The highest BCUT2D eigenvalue weighted by molar-refractivity contribution is 6.31. The molecule has 29 heavy (non-hydrogen) atoms. The van der Waals surface area contributed by atoms with Gasteiger partial charge in [0.1, 0.15) is 5.82 Å². The van der Waals surface area contributed by atoms with Gasteiger partial charge in [-0.3, -0.25) is 4.79 Å². The van der Waals surface area contributed by atoms with E-state index in [0.717, 1.165) is 40.5 Å². The first-order valence-corrected chi connectivity index (χ1v) is 9.92. The number of nitrogens with zero attached hydrogens (tertiary/aromatic N) is 4. The smallest absolute Gasteiger partial charge is 0.251 e. The summed E-state index contributed by atoms with van der Waals surface area (Å²) < 4.78 is 3.90. The van der Waals surface area contributed by atoms with Crippen molar-refractivity contribution in [1.82, 2.24) is 24.6 Å². The fourth-order valence-electron chi connectivity index (χ4n) is 3.50. The number of fused-ring (bicyclic) bond motifs is 1. The Labute approximate surface area is 174 Å². The van der Waals surface area contributed by atoms with E-state index in [1.54, 1.807) is 16.8 Å². The normalized spacial score (nSPS) is 11.2. The van der Waals surface area contributed by atoms with E-state index < -0.39 is 0 Å². The Kier molecular flexibility index (Phi) is 5.11. The van der Waals surface area contributed by atoms with E-state index in [9.17, 15) is 4.79 Å². The summed E-state index contributed by atoms with van der Waals surface area (Å²) >= 11 is 6.23. The van der Waals surface area contributed by atoms with Crippen LogP contribution in [0.2, 0.25) is 5.02 Å².